The predicted octanol–water partition coefficient (Wildman–Crippen LogP) is 13.1. The average Bonchev–Trinajstić information content (AvgIpc) is 3.60. The third-order valence-electron chi connectivity index (χ3n) is 10.8. The van der Waals surface area contributed by atoms with E-state index in [1.807, 2.05) is 18.2 Å². The number of fused-ring (bicyclic) bond motifs is 7. The van der Waals surface area contributed by atoms with Crippen LogP contribution in [0.1, 0.15) is 0 Å². The van der Waals surface area contributed by atoms with Crippen molar-refractivity contribution in [2.75, 3.05) is 0 Å². The van der Waals surface area contributed by atoms with Crippen molar-refractivity contribution in [2.45, 2.75) is 0 Å². The van der Waals surface area contributed by atoms with Crippen LogP contribution in [-0.2, 0) is 0 Å². The molecule has 11 aromatic rings. The molecule has 0 aliphatic carbocycles. The Kier molecular flexibility index (Phi) is 7.14. The van der Waals surface area contributed by atoms with Gasteiger partial charge in [0.2, 0.25) is 0 Å². The second-order valence-corrected chi connectivity index (χ2v) is 14.0. The van der Waals surface area contributed by atoms with E-state index in [0.717, 1.165) is 39.0 Å². The zero-order valence-electron chi connectivity index (χ0n) is 29.8. The van der Waals surface area contributed by atoms with Crippen molar-refractivity contribution in [3.05, 3.63) is 194 Å². The third kappa shape index (κ3) is 5.19. The van der Waals surface area contributed by atoms with Crippen molar-refractivity contribution in [3.8, 4) is 51.0 Å². The van der Waals surface area contributed by atoms with Gasteiger partial charge in [-0.3, -0.25) is 0 Å². The summed E-state index contributed by atoms with van der Waals surface area (Å²) in [7, 11) is 0. The first-order valence-corrected chi connectivity index (χ1v) is 18.6. The minimum absolute atomic E-state index is 0.627. The Labute approximate surface area is 317 Å². The largest absolute Gasteiger partial charge is 0.309 e. The molecule has 0 bridgehead atoms. The summed E-state index contributed by atoms with van der Waals surface area (Å²) in [6.07, 6.45) is 0. The van der Waals surface area contributed by atoms with Crippen LogP contribution in [0.15, 0.2) is 194 Å². The lowest BCUT2D eigenvalue weighted by Crippen LogP contribution is -2.01. The molecule has 0 atom stereocenters. The van der Waals surface area contributed by atoms with Crippen LogP contribution in [0.2, 0.25) is 0 Å². The number of hydrogen-bond donors (Lipinski definition) is 0. The van der Waals surface area contributed by atoms with Gasteiger partial charge < -0.3 is 4.57 Å². The van der Waals surface area contributed by atoms with Crippen molar-refractivity contribution >= 4 is 54.1 Å². The van der Waals surface area contributed by atoms with Crippen molar-refractivity contribution in [1.29, 1.82) is 0 Å². The molecule has 0 spiro atoms. The van der Waals surface area contributed by atoms with E-state index in [-0.39, 0.29) is 0 Å². The highest BCUT2D eigenvalue weighted by Gasteiger charge is 2.17. The van der Waals surface area contributed by atoms with E-state index in [4.69, 9.17) is 15.0 Å². The van der Waals surface area contributed by atoms with Gasteiger partial charge in [0, 0.05) is 33.2 Å². The Morgan fingerprint density at radius 1 is 0.291 bits per heavy atom. The molecule has 256 valence electrons. The quantitative estimate of drug-likeness (QED) is 0.133. The Morgan fingerprint density at radius 3 is 1.53 bits per heavy atom. The van der Waals surface area contributed by atoms with E-state index in [0.29, 0.717) is 17.5 Å². The molecule has 0 N–H and O–H groups in total. The first-order valence-electron chi connectivity index (χ1n) is 18.6. The van der Waals surface area contributed by atoms with Crippen LogP contribution in [0.25, 0.3) is 105 Å². The van der Waals surface area contributed by atoms with Crippen LogP contribution < -0.4 is 0 Å². The molecule has 55 heavy (non-hydrogen) atoms. The van der Waals surface area contributed by atoms with Gasteiger partial charge in [0.15, 0.2) is 17.5 Å². The van der Waals surface area contributed by atoms with Gasteiger partial charge in [-0.25, -0.2) is 15.0 Å². The molecule has 0 saturated carbocycles. The topological polar surface area (TPSA) is 43.6 Å². The van der Waals surface area contributed by atoms with Crippen LogP contribution >= 0.6 is 0 Å². The van der Waals surface area contributed by atoms with Gasteiger partial charge in [-0.2, -0.15) is 0 Å². The zero-order chi connectivity index (χ0) is 36.3. The molecular weight excluding hydrogens is 669 g/mol. The molecule has 0 amide bonds. The summed E-state index contributed by atoms with van der Waals surface area (Å²) < 4.78 is 2.33. The number of rotatable bonds is 5. The second kappa shape index (κ2) is 12.6. The fraction of sp³-hybridized carbons (Fsp3) is 0. The maximum absolute atomic E-state index is 5.15. The predicted molar refractivity (Wildman–Crippen MR) is 228 cm³/mol. The van der Waals surface area contributed by atoms with Gasteiger partial charge in [0.1, 0.15) is 0 Å². The summed E-state index contributed by atoms with van der Waals surface area (Å²) in [5.41, 5.74) is 8.55. The molecule has 11 rings (SSSR count). The van der Waals surface area contributed by atoms with Crippen molar-refractivity contribution < 1.29 is 0 Å². The van der Waals surface area contributed by atoms with Crippen LogP contribution in [0, 0.1) is 0 Å². The van der Waals surface area contributed by atoms with Gasteiger partial charge in [-0.1, -0.05) is 164 Å². The highest BCUT2D eigenvalue weighted by atomic mass is 15.0. The minimum atomic E-state index is 0.627. The van der Waals surface area contributed by atoms with Gasteiger partial charge >= 0.3 is 0 Å². The maximum atomic E-state index is 5.15. The summed E-state index contributed by atoms with van der Waals surface area (Å²) in [4.78, 5) is 15.3. The Bertz CT molecular complexity index is 3200. The smallest absolute Gasteiger partial charge is 0.164 e. The highest BCUT2D eigenvalue weighted by Crippen LogP contribution is 2.40. The fourth-order valence-electron chi connectivity index (χ4n) is 8.25. The second-order valence-electron chi connectivity index (χ2n) is 14.0. The molecule has 9 aromatic carbocycles. The SMILES string of the molecule is c1ccc(-c2nc(-c3ccc(-c4c5ccccc5cc5c4ccc4ccccc45)cc3)nc(-c3cccc(-n4c5ccccc5c5ccccc54)c3)n2)cc1. The number of aromatic nitrogens is 4. The van der Waals surface area contributed by atoms with E-state index in [9.17, 15) is 0 Å². The average molecular weight is 701 g/mol. The lowest BCUT2D eigenvalue weighted by molar-refractivity contribution is 1.07. The van der Waals surface area contributed by atoms with Crippen molar-refractivity contribution in [1.82, 2.24) is 19.5 Å². The van der Waals surface area contributed by atoms with Crippen LogP contribution in [0.4, 0.5) is 0 Å². The zero-order valence-corrected chi connectivity index (χ0v) is 29.8. The normalized spacial score (nSPS) is 11.6. The molecule has 4 nitrogen and oxygen atoms in total. The van der Waals surface area contributed by atoms with E-state index in [1.54, 1.807) is 0 Å². The van der Waals surface area contributed by atoms with Gasteiger partial charge in [-0.05, 0) is 73.8 Å². The molecule has 2 heterocycles. The summed E-state index contributed by atoms with van der Waals surface area (Å²) in [5, 5.41) is 9.91. The molecule has 0 saturated heterocycles. The summed E-state index contributed by atoms with van der Waals surface area (Å²) in [5.74, 6) is 1.90. The summed E-state index contributed by atoms with van der Waals surface area (Å²) in [6, 6.07) is 68.7. The van der Waals surface area contributed by atoms with E-state index >= 15 is 0 Å². The van der Waals surface area contributed by atoms with Crippen molar-refractivity contribution in [3.63, 3.8) is 0 Å². The van der Waals surface area contributed by atoms with Gasteiger partial charge in [-0.15, -0.1) is 0 Å². The fourth-order valence-corrected chi connectivity index (χ4v) is 8.25. The van der Waals surface area contributed by atoms with Crippen LogP contribution in [0.3, 0.4) is 0 Å². The first kappa shape index (κ1) is 31.1. The van der Waals surface area contributed by atoms with Gasteiger partial charge in [0.25, 0.3) is 0 Å². The molecule has 0 unspecified atom stereocenters. The van der Waals surface area contributed by atoms with E-state index < -0.39 is 0 Å². The Hall–Kier alpha value is -7.43. The molecule has 0 radical (unpaired) electrons. The number of hydrogen-bond acceptors (Lipinski definition) is 3. The molecule has 4 heteroatoms. The number of nitrogens with zero attached hydrogens (tertiary/aromatic N) is 4. The standard InChI is InChI=1S/C51H32N4/c1-2-14-35(15-3-1)49-52-50(54-51(53-49)38-17-12-18-39(31-38)55-46-23-10-8-21-42(46)43-22-9-11-24-47(43)55)36-27-25-34(26-28-36)48-41-20-7-5-16-37(41)32-45-40-19-6-4-13-33(40)29-30-44(45)48/h1-32H. The lowest BCUT2D eigenvalue weighted by atomic mass is 9.89. The summed E-state index contributed by atoms with van der Waals surface area (Å²) in [6.45, 7) is 0. The molecule has 0 aliphatic rings. The Morgan fingerprint density at radius 2 is 0.818 bits per heavy atom. The molecule has 0 aliphatic heterocycles. The maximum Gasteiger partial charge on any atom is 0.164 e. The van der Waals surface area contributed by atoms with Crippen molar-refractivity contribution in [2.24, 2.45) is 0 Å². The third-order valence-corrected chi connectivity index (χ3v) is 10.8. The van der Waals surface area contributed by atoms with E-state index in [2.05, 4.69) is 180 Å². The molecule has 2 aromatic heterocycles. The monoisotopic (exact) mass is 700 g/mol. The minimum Gasteiger partial charge on any atom is -0.309 e. The molecular formula is C51H32N4. The van der Waals surface area contributed by atoms with Gasteiger partial charge in [0.05, 0.1) is 11.0 Å². The number of benzene rings is 9. The first-order chi connectivity index (χ1) is 27.3. The van der Waals surface area contributed by atoms with Crippen LogP contribution in [-0.4, -0.2) is 19.5 Å². The number of para-hydroxylation sites is 2. The summed E-state index contributed by atoms with van der Waals surface area (Å²) >= 11 is 0. The lowest BCUT2D eigenvalue weighted by Gasteiger charge is -2.15. The molecule has 0 fully saturated rings. The van der Waals surface area contributed by atoms with Crippen LogP contribution in [0.5, 0.6) is 0 Å². The highest BCUT2D eigenvalue weighted by molar-refractivity contribution is 6.20. The Balaban J connectivity index is 1.06. The van der Waals surface area contributed by atoms with E-state index in [1.165, 1.54) is 48.7 Å².